The molecule has 0 aliphatic heterocycles. The molecule has 4 heteroatoms. The molecule has 0 bridgehead atoms. The normalized spacial score (nSPS) is 11.8. The lowest BCUT2D eigenvalue weighted by molar-refractivity contribution is 0.592. The van der Waals surface area contributed by atoms with E-state index in [9.17, 15) is 8.42 Å². The van der Waals surface area contributed by atoms with Crippen molar-refractivity contribution in [1.29, 1.82) is 0 Å². The Morgan fingerprint density at radius 1 is 1.10 bits per heavy atom. The van der Waals surface area contributed by atoms with Gasteiger partial charge in [-0.15, -0.1) is 0 Å². The van der Waals surface area contributed by atoms with Crippen molar-refractivity contribution in [3.05, 3.63) is 47.2 Å². The Morgan fingerprint density at radius 2 is 1.75 bits per heavy atom. The van der Waals surface area contributed by atoms with Crippen molar-refractivity contribution < 1.29 is 8.42 Å². The van der Waals surface area contributed by atoms with E-state index in [1.807, 2.05) is 32.2 Å². The van der Waals surface area contributed by atoms with Crippen molar-refractivity contribution in [3.63, 3.8) is 0 Å². The molecule has 0 saturated carbocycles. The van der Waals surface area contributed by atoms with Gasteiger partial charge in [-0.05, 0) is 49.9 Å². The van der Waals surface area contributed by atoms with Crippen LogP contribution in [-0.2, 0) is 16.3 Å². The summed E-state index contributed by atoms with van der Waals surface area (Å²) in [5.41, 5.74) is 2.99. The van der Waals surface area contributed by atoms with Crippen LogP contribution in [0.2, 0.25) is 0 Å². The molecule has 3 nitrogen and oxygen atoms in total. The van der Waals surface area contributed by atoms with Crippen LogP contribution in [0.3, 0.4) is 0 Å². The molecule has 108 valence electrons. The summed E-state index contributed by atoms with van der Waals surface area (Å²) in [6.07, 6.45) is 4.92. The Hall–Kier alpha value is -1.55. The molecule has 1 aromatic heterocycles. The zero-order chi connectivity index (χ0) is 14.8. The average molecular weight is 291 g/mol. The summed E-state index contributed by atoms with van der Waals surface area (Å²) < 4.78 is 25.2. The van der Waals surface area contributed by atoms with E-state index in [0.29, 0.717) is 9.92 Å². The number of rotatable bonds is 5. The number of nitrogens with one attached hydrogen (secondary N) is 1. The topological polar surface area (TPSA) is 49.9 Å². The quantitative estimate of drug-likeness (QED) is 0.910. The summed E-state index contributed by atoms with van der Waals surface area (Å²) in [5, 5.41) is 0.326. The van der Waals surface area contributed by atoms with E-state index in [1.165, 1.54) is 0 Å². The van der Waals surface area contributed by atoms with Gasteiger partial charge in [-0.25, -0.2) is 8.42 Å². The first-order valence-corrected chi connectivity index (χ1v) is 8.43. The molecule has 0 aliphatic rings. The third-order valence-electron chi connectivity index (χ3n) is 3.60. The first-order chi connectivity index (χ1) is 9.46. The number of sulfone groups is 1. The summed E-state index contributed by atoms with van der Waals surface area (Å²) in [6, 6.07) is 6.97. The number of aromatic amines is 1. The lowest BCUT2D eigenvalue weighted by Gasteiger charge is -2.05. The Bertz CT molecular complexity index is 682. The molecular formula is C16H21NO2S. The van der Waals surface area contributed by atoms with Crippen LogP contribution < -0.4 is 0 Å². The van der Waals surface area contributed by atoms with E-state index >= 15 is 0 Å². The Balaban J connectivity index is 2.40. The highest BCUT2D eigenvalue weighted by atomic mass is 32.2. The Labute approximate surface area is 121 Å². The van der Waals surface area contributed by atoms with Gasteiger partial charge in [-0.2, -0.15) is 0 Å². The minimum absolute atomic E-state index is 0.326. The van der Waals surface area contributed by atoms with Crippen molar-refractivity contribution in [3.8, 4) is 0 Å². The molecule has 1 heterocycles. The fourth-order valence-electron chi connectivity index (χ4n) is 2.26. The van der Waals surface area contributed by atoms with Crippen LogP contribution in [0.4, 0.5) is 0 Å². The fraction of sp³-hybridized carbons (Fsp3) is 0.375. The van der Waals surface area contributed by atoms with Crippen LogP contribution in [0, 0.1) is 13.8 Å². The van der Waals surface area contributed by atoms with Crippen molar-refractivity contribution in [1.82, 2.24) is 4.98 Å². The van der Waals surface area contributed by atoms with Crippen molar-refractivity contribution in [2.75, 3.05) is 0 Å². The number of aryl methyl sites for hydroxylation is 2. The summed E-state index contributed by atoms with van der Waals surface area (Å²) in [7, 11) is -3.45. The van der Waals surface area contributed by atoms with Gasteiger partial charge >= 0.3 is 0 Å². The lowest BCUT2D eigenvalue weighted by Crippen LogP contribution is -2.04. The van der Waals surface area contributed by atoms with Gasteiger partial charge in [0.05, 0.1) is 4.90 Å². The molecule has 0 spiro atoms. The second-order valence-electron chi connectivity index (χ2n) is 5.19. The zero-order valence-electron chi connectivity index (χ0n) is 12.2. The molecule has 0 fully saturated rings. The highest BCUT2D eigenvalue weighted by molar-refractivity contribution is 7.91. The smallest absolute Gasteiger partial charge is 0.222 e. The number of H-pyrrole nitrogens is 1. The molecule has 0 aliphatic carbocycles. The average Bonchev–Trinajstić information content (AvgIpc) is 2.79. The van der Waals surface area contributed by atoms with Crippen LogP contribution in [0.25, 0.3) is 0 Å². The second kappa shape index (κ2) is 5.83. The Kier molecular flexibility index (Phi) is 4.33. The molecule has 0 radical (unpaired) electrons. The number of aromatic nitrogens is 1. The SMILES string of the molecule is CCCCc1c[nH]c(S(=O)(=O)c2ccc(C)cc2)c1C. The largest absolute Gasteiger partial charge is 0.352 e. The number of hydrogen-bond donors (Lipinski definition) is 1. The van der Waals surface area contributed by atoms with Crippen LogP contribution >= 0.6 is 0 Å². The number of benzene rings is 1. The highest BCUT2D eigenvalue weighted by Crippen LogP contribution is 2.26. The van der Waals surface area contributed by atoms with Gasteiger partial charge < -0.3 is 4.98 Å². The highest BCUT2D eigenvalue weighted by Gasteiger charge is 2.22. The summed E-state index contributed by atoms with van der Waals surface area (Å²) in [5.74, 6) is 0. The van der Waals surface area contributed by atoms with Crippen LogP contribution in [-0.4, -0.2) is 13.4 Å². The van der Waals surface area contributed by atoms with E-state index in [1.54, 1.807) is 12.1 Å². The van der Waals surface area contributed by atoms with Crippen LogP contribution in [0.1, 0.15) is 36.5 Å². The monoisotopic (exact) mass is 291 g/mol. The minimum Gasteiger partial charge on any atom is -0.352 e. The van der Waals surface area contributed by atoms with Gasteiger partial charge in [0.2, 0.25) is 9.84 Å². The van der Waals surface area contributed by atoms with Gasteiger partial charge in [0.25, 0.3) is 0 Å². The maximum atomic E-state index is 12.6. The maximum absolute atomic E-state index is 12.6. The van der Waals surface area contributed by atoms with Crippen molar-refractivity contribution >= 4 is 9.84 Å². The first kappa shape index (κ1) is 14.9. The van der Waals surface area contributed by atoms with Gasteiger partial charge in [-0.3, -0.25) is 0 Å². The molecule has 0 saturated heterocycles. The number of unbranched alkanes of at least 4 members (excludes halogenated alkanes) is 1. The molecule has 1 aromatic carbocycles. The fourth-order valence-corrected chi connectivity index (χ4v) is 3.73. The van der Waals surface area contributed by atoms with Gasteiger partial charge in [0.1, 0.15) is 5.03 Å². The predicted octanol–water partition coefficient (Wildman–Crippen LogP) is 3.81. The van der Waals surface area contributed by atoms with Crippen LogP contribution in [0.5, 0.6) is 0 Å². The zero-order valence-corrected chi connectivity index (χ0v) is 13.0. The number of hydrogen-bond acceptors (Lipinski definition) is 2. The van der Waals surface area contributed by atoms with E-state index in [-0.39, 0.29) is 0 Å². The van der Waals surface area contributed by atoms with Gasteiger partial charge in [0.15, 0.2) is 0 Å². The minimum atomic E-state index is -3.45. The third kappa shape index (κ3) is 2.80. The molecule has 0 unspecified atom stereocenters. The molecular weight excluding hydrogens is 270 g/mol. The molecule has 1 N–H and O–H groups in total. The third-order valence-corrected chi connectivity index (χ3v) is 5.45. The van der Waals surface area contributed by atoms with Crippen LogP contribution in [0.15, 0.2) is 40.4 Å². The first-order valence-electron chi connectivity index (χ1n) is 6.95. The van der Waals surface area contributed by atoms with E-state index in [2.05, 4.69) is 11.9 Å². The van der Waals surface area contributed by atoms with Gasteiger partial charge in [-0.1, -0.05) is 31.0 Å². The summed E-state index contributed by atoms with van der Waals surface area (Å²) in [4.78, 5) is 3.29. The second-order valence-corrected chi connectivity index (χ2v) is 7.07. The molecule has 20 heavy (non-hydrogen) atoms. The standard InChI is InChI=1S/C16H21NO2S/c1-4-5-6-14-11-17-16(13(14)3)20(18,19)15-9-7-12(2)8-10-15/h7-11,17H,4-6H2,1-3H3. The van der Waals surface area contributed by atoms with E-state index in [0.717, 1.165) is 36.0 Å². The predicted molar refractivity (Wildman–Crippen MR) is 80.8 cm³/mol. The molecule has 0 amide bonds. The Morgan fingerprint density at radius 3 is 2.35 bits per heavy atom. The molecule has 2 aromatic rings. The lowest BCUT2D eigenvalue weighted by atomic mass is 10.1. The summed E-state index contributed by atoms with van der Waals surface area (Å²) >= 11 is 0. The van der Waals surface area contributed by atoms with E-state index < -0.39 is 9.84 Å². The van der Waals surface area contributed by atoms with Crippen molar-refractivity contribution in [2.24, 2.45) is 0 Å². The molecule has 2 rings (SSSR count). The maximum Gasteiger partial charge on any atom is 0.222 e. The van der Waals surface area contributed by atoms with Gasteiger partial charge in [0, 0.05) is 6.20 Å². The van der Waals surface area contributed by atoms with E-state index in [4.69, 9.17) is 0 Å². The molecule has 0 atom stereocenters. The van der Waals surface area contributed by atoms with Crippen molar-refractivity contribution in [2.45, 2.75) is 50.0 Å². The summed E-state index contributed by atoms with van der Waals surface area (Å²) in [6.45, 7) is 5.95.